The van der Waals surface area contributed by atoms with E-state index in [1.54, 1.807) is 75.4 Å². The summed E-state index contributed by atoms with van der Waals surface area (Å²) < 4.78 is 76.9. The normalized spacial score (nSPS) is 15.5. The van der Waals surface area contributed by atoms with Gasteiger partial charge >= 0.3 is 13.8 Å². The molecule has 0 spiro atoms. The summed E-state index contributed by atoms with van der Waals surface area (Å²) in [5.74, 6) is -2.70. The second-order valence-corrected chi connectivity index (χ2v) is 13.1. The number of hydrogen-bond donors (Lipinski definition) is 1. The first kappa shape index (κ1) is 37.4. The number of carbonyl (C=O) groups excluding carboxylic acids is 1. The lowest BCUT2D eigenvalue weighted by Gasteiger charge is -2.27. The first-order chi connectivity index (χ1) is 23.4. The van der Waals surface area contributed by atoms with Gasteiger partial charge in [0.1, 0.15) is 31.0 Å². The van der Waals surface area contributed by atoms with Gasteiger partial charge in [-0.25, -0.2) is 18.1 Å². The molecule has 0 radical (unpaired) electrons. The predicted molar refractivity (Wildman–Crippen MR) is 179 cm³/mol. The van der Waals surface area contributed by atoms with Crippen LogP contribution >= 0.6 is 7.82 Å². The molecular weight excluding hydrogens is 657 g/mol. The fraction of sp³-hybridized carbons (Fsp3) is 0.270. The Hall–Kier alpha value is -4.38. The standard InChI is InChI=1S/C37H39F2O9P/c1-25(2)15-31(38)18-27(4)21-43-35-34(47-37(41)36(35)44-22-30-16-26(3)17-32(39)19-30)33(20-40)48-49(42,45-23-28-11-7-5-8-12-28)46-24-29-13-9-6-10-14-29/h5-19,33-34,40H,4,20-24H2,1-3H3. The molecule has 0 saturated heterocycles. The highest BCUT2D eigenvalue weighted by Gasteiger charge is 2.46. The molecule has 9 nitrogen and oxygen atoms in total. The van der Waals surface area contributed by atoms with Crippen LogP contribution in [0.25, 0.3) is 0 Å². The van der Waals surface area contributed by atoms with E-state index >= 15 is 0 Å². The zero-order valence-corrected chi connectivity index (χ0v) is 28.4. The van der Waals surface area contributed by atoms with E-state index in [4.69, 9.17) is 27.8 Å². The molecule has 0 fully saturated rings. The summed E-state index contributed by atoms with van der Waals surface area (Å²) >= 11 is 0. The van der Waals surface area contributed by atoms with E-state index in [0.29, 0.717) is 22.3 Å². The Kier molecular flexibility index (Phi) is 13.6. The monoisotopic (exact) mass is 696 g/mol. The second-order valence-electron chi connectivity index (χ2n) is 11.4. The predicted octanol–water partition coefficient (Wildman–Crippen LogP) is 8.10. The molecule has 49 heavy (non-hydrogen) atoms. The molecule has 0 bridgehead atoms. The van der Waals surface area contributed by atoms with E-state index in [0.717, 1.165) is 11.6 Å². The quantitative estimate of drug-likeness (QED) is 0.0802. The van der Waals surface area contributed by atoms with Gasteiger partial charge in [-0.2, -0.15) is 0 Å². The van der Waals surface area contributed by atoms with Gasteiger partial charge in [0.2, 0.25) is 5.76 Å². The van der Waals surface area contributed by atoms with Crippen LogP contribution in [0.1, 0.15) is 36.1 Å². The molecule has 1 aliphatic heterocycles. The molecule has 2 unspecified atom stereocenters. The molecule has 0 saturated carbocycles. The Morgan fingerprint density at radius 2 is 1.55 bits per heavy atom. The second kappa shape index (κ2) is 17.9. The number of aryl methyl sites for hydroxylation is 1. The van der Waals surface area contributed by atoms with Gasteiger partial charge in [-0.15, -0.1) is 0 Å². The lowest BCUT2D eigenvalue weighted by molar-refractivity contribution is -0.148. The van der Waals surface area contributed by atoms with Gasteiger partial charge in [0.05, 0.1) is 19.8 Å². The molecule has 1 heterocycles. The zero-order chi connectivity index (χ0) is 35.4. The van der Waals surface area contributed by atoms with E-state index in [9.17, 15) is 23.2 Å². The molecule has 12 heteroatoms. The van der Waals surface area contributed by atoms with Gasteiger partial charge in [0.15, 0.2) is 11.9 Å². The summed E-state index contributed by atoms with van der Waals surface area (Å²) in [6, 6.07) is 22.0. The van der Waals surface area contributed by atoms with Crippen molar-refractivity contribution >= 4 is 13.8 Å². The van der Waals surface area contributed by atoms with Crippen molar-refractivity contribution in [3.63, 3.8) is 0 Å². The Balaban J connectivity index is 1.62. The highest BCUT2D eigenvalue weighted by Crippen LogP contribution is 2.53. The SMILES string of the molecule is C=C(C=C(F)C=C(C)C)COC1=C(OCc2cc(C)cc(F)c2)C(=O)OC1C(CO)OP(=O)(OCc1ccccc1)OCc1ccccc1. The lowest BCUT2D eigenvalue weighted by atomic mass is 10.1. The first-order valence-electron chi connectivity index (χ1n) is 15.4. The molecule has 3 aromatic carbocycles. The molecule has 260 valence electrons. The Morgan fingerprint density at radius 3 is 2.10 bits per heavy atom. The van der Waals surface area contributed by atoms with E-state index in [1.165, 1.54) is 18.2 Å². The molecule has 0 amide bonds. The van der Waals surface area contributed by atoms with Crippen LogP contribution in [0.4, 0.5) is 8.78 Å². The number of hydrogen-bond acceptors (Lipinski definition) is 9. The molecule has 4 rings (SSSR count). The minimum absolute atomic E-state index is 0.167. The van der Waals surface area contributed by atoms with Crippen molar-refractivity contribution in [1.29, 1.82) is 0 Å². The number of rotatable bonds is 18. The number of cyclic esters (lactones) is 1. The van der Waals surface area contributed by atoms with Crippen LogP contribution in [0.2, 0.25) is 0 Å². The van der Waals surface area contributed by atoms with Crippen molar-refractivity contribution in [2.45, 2.75) is 52.8 Å². The summed E-state index contributed by atoms with van der Waals surface area (Å²) in [4.78, 5) is 13.2. The number of carbonyl (C=O) groups is 1. The van der Waals surface area contributed by atoms with Crippen LogP contribution in [0.5, 0.6) is 0 Å². The lowest BCUT2D eigenvalue weighted by Crippen LogP contribution is -2.35. The molecular formula is C37H39F2O9P. The van der Waals surface area contributed by atoms with Crippen molar-refractivity contribution in [3.8, 4) is 0 Å². The number of aliphatic hydroxyl groups is 1. The van der Waals surface area contributed by atoms with E-state index in [2.05, 4.69) is 6.58 Å². The van der Waals surface area contributed by atoms with Gasteiger partial charge in [-0.05, 0) is 72.9 Å². The van der Waals surface area contributed by atoms with Crippen molar-refractivity contribution in [2.75, 3.05) is 13.2 Å². The number of benzene rings is 3. The van der Waals surface area contributed by atoms with Gasteiger partial charge in [-0.1, -0.05) is 78.9 Å². The largest absolute Gasteiger partial charge is 0.485 e. The summed E-state index contributed by atoms with van der Waals surface area (Å²) in [6.07, 6.45) is -0.585. The topological polar surface area (TPSA) is 110 Å². The molecule has 2 atom stereocenters. The highest BCUT2D eigenvalue weighted by molar-refractivity contribution is 7.48. The number of ether oxygens (including phenoxy) is 3. The van der Waals surface area contributed by atoms with Crippen LogP contribution < -0.4 is 0 Å². The van der Waals surface area contributed by atoms with Crippen molar-refractivity contribution < 1.29 is 51.0 Å². The summed E-state index contributed by atoms with van der Waals surface area (Å²) in [7, 11) is -4.48. The maximum atomic E-state index is 14.4. The van der Waals surface area contributed by atoms with E-state index in [-0.39, 0.29) is 37.8 Å². The van der Waals surface area contributed by atoms with Crippen molar-refractivity contribution in [1.82, 2.24) is 0 Å². The Morgan fingerprint density at radius 1 is 0.939 bits per heavy atom. The maximum Gasteiger partial charge on any atom is 0.475 e. The fourth-order valence-electron chi connectivity index (χ4n) is 4.65. The third-order valence-corrected chi connectivity index (χ3v) is 8.23. The van der Waals surface area contributed by atoms with Crippen LogP contribution in [0.15, 0.2) is 126 Å². The molecule has 0 aromatic heterocycles. The maximum absolute atomic E-state index is 14.4. The smallest absolute Gasteiger partial charge is 0.475 e. The van der Waals surface area contributed by atoms with Gasteiger partial charge < -0.3 is 19.3 Å². The number of phosphoric acid groups is 1. The van der Waals surface area contributed by atoms with Crippen LogP contribution in [0, 0.1) is 12.7 Å². The van der Waals surface area contributed by atoms with Crippen LogP contribution in [-0.2, 0) is 57.0 Å². The van der Waals surface area contributed by atoms with Crippen LogP contribution in [-0.4, -0.2) is 36.5 Å². The highest BCUT2D eigenvalue weighted by atomic mass is 31.2. The van der Waals surface area contributed by atoms with Crippen LogP contribution in [0.3, 0.4) is 0 Å². The number of esters is 1. The minimum Gasteiger partial charge on any atom is -0.485 e. The molecule has 1 aliphatic rings. The average Bonchev–Trinajstić information content (AvgIpc) is 3.38. The van der Waals surface area contributed by atoms with E-state index in [1.807, 2.05) is 12.1 Å². The third kappa shape index (κ3) is 11.6. The third-order valence-electron chi connectivity index (χ3n) is 6.81. The average molecular weight is 697 g/mol. The number of halogens is 2. The first-order valence-corrected chi connectivity index (χ1v) is 16.8. The number of phosphoric ester groups is 1. The van der Waals surface area contributed by atoms with E-state index < -0.39 is 50.0 Å². The molecule has 3 aromatic rings. The summed E-state index contributed by atoms with van der Waals surface area (Å²) in [5, 5.41) is 10.5. The fourth-order valence-corrected chi connectivity index (χ4v) is 5.97. The van der Waals surface area contributed by atoms with Crippen molar-refractivity contribution in [3.05, 3.63) is 154 Å². The zero-order valence-electron chi connectivity index (χ0n) is 27.5. The van der Waals surface area contributed by atoms with Gasteiger partial charge in [0, 0.05) is 0 Å². The Labute approximate surface area is 284 Å². The summed E-state index contributed by atoms with van der Waals surface area (Å²) in [6.45, 7) is 7.23. The Bertz CT molecular complexity index is 1670. The number of allylic oxidation sites excluding steroid dienone is 3. The van der Waals surface area contributed by atoms with Gasteiger partial charge in [0.25, 0.3) is 0 Å². The number of aliphatic hydroxyl groups excluding tert-OH is 1. The minimum atomic E-state index is -4.48. The van der Waals surface area contributed by atoms with Gasteiger partial charge in [-0.3, -0.25) is 13.6 Å². The van der Waals surface area contributed by atoms with Crippen molar-refractivity contribution in [2.24, 2.45) is 0 Å². The summed E-state index contributed by atoms with van der Waals surface area (Å²) in [5.41, 5.74) is 3.29. The molecule has 0 aliphatic carbocycles. The molecule has 1 N–H and O–H groups in total.